The van der Waals surface area contributed by atoms with E-state index in [1.165, 1.54) is 25.7 Å². The van der Waals surface area contributed by atoms with E-state index < -0.39 is 0 Å². The van der Waals surface area contributed by atoms with Crippen LogP contribution in [0.2, 0.25) is 0 Å². The summed E-state index contributed by atoms with van der Waals surface area (Å²) < 4.78 is 13.4. The molecule has 2 heterocycles. The molecule has 8 nitrogen and oxygen atoms in total. The molecule has 29 heavy (non-hydrogen) atoms. The second kappa shape index (κ2) is 10.9. The number of hydrogen-bond acceptors (Lipinski definition) is 5. The Kier molecular flexibility index (Phi) is 8.29. The molecule has 1 aliphatic heterocycles. The van der Waals surface area contributed by atoms with Crippen molar-refractivity contribution in [3.05, 3.63) is 11.6 Å². The van der Waals surface area contributed by atoms with Crippen LogP contribution in [0.4, 0.5) is 0 Å². The lowest BCUT2D eigenvalue weighted by Crippen LogP contribution is -2.45. The Morgan fingerprint density at radius 1 is 1.28 bits per heavy atom. The third-order valence-electron chi connectivity index (χ3n) is 6.36. The van der Waals surface area contributed by atoms with Crippen molar-refractivity contribution in [2.24, 2.45) is 17.5 Å². The average Bonchev–Trinajstić information content (AvgIpc) is 3.46. The second-order valence-electron chi connectivity index (χ2n) is 8.41. The predicted molar refractivity (Wildman–Crippen MR) is 114 cm³/mol. The summed E-state index contributed by atoms with van der Waals surface area (Å²) in [6.45, 7) is 8.73. The van der Waals surface area contributed by atoms with Crippen molar-refractivity contribution in [3.8, 4) is 0 Å². The molecule has 0 radical (unpaired) electrons. The van der Waals surface area contributed by atoms with Gasteiger partial charge in [-0.2, -0.15) is 0 Å². The van der Waals surface area contributed by atoms with E-state index in [4.69, 9.17) is 14.5 Å². The van der Waals surface area contributed by atoms with Gasteiger partial charge in [0.05, 0.1) is 6.10 Å². The highest BCUT2D eigenvalue weighted by atomic mass is 16.5. The molecule has 164 valence electrons. The van der Waals surface area contributed by atoms with Gasteiger partial charge >= 0.3 is 0 Å². The third-order valence-corrected chi connectivity index (χ3v) is 6.36. The summed E-state index contributed by atoms with van der Waals surface area (Å²) in [5, 5.41) is 15.5. The monoisotopic (exact) mass is 406 g/mol. The van der Waals surface area contributed by atoms with Crippen LogP contribution >= 0.6 is 0 Å². The van der Waals surface area contributed by atoms with Crippen molar-refractivity contribution < 1.29 is 9.47 Å². The summed E-state index contributed by atoms with van der Waals surface area (Å²) in [7, 11) is 1.98. The molecule has 1 aliphatic carbocycles. The van der Waals surface area contributed by atoms with Crippen molar-refractivity contribution in [3.63, 3.8) is 0 Å². The van der Waals surface area contributed by atoms with Gasteiger partial charge in [0, 0.05) is 40.0 Å². The maximum atomic E-state index is 5.76. The number of guanidine groups is 1. The van der Waals surface area contributed by atoms with Gasteiger partial charge in [-0.05, 0) is 51.4 Å². The number of aromatic nitrogens is 3. The van der Waals surface area contributed by atoms with Crippen molar-refractivity contribution in [1.29, 1.82) is 0 Å². The normalized spacial score (nSPS) is 21.6. The van der Waals surface area contributed by atoms with Crippen LogP contribution in [0.25, 0.3) is 0 Å². The van der Waals surface area contributed by atoms with E-state index in [9.17, 15) is 0 Å². The summed E-state index contributed by atoms with van der Waals surface area (Å²) in [6, 6.07) is 0. The van der Waals surface area contributed by atoms with Crippen molar-refractivity contribution >= 4 is 5.96 Å². The van der Waals surface area contributed by atoms with Gasteiger partial charge in [-0.15, -0.1) is 10.2 Å². The van der Waals surface area contributed by atoms with Gasteiger partial charge in [-0.1, -0.05) is 12.8 Å². The molecule has 2 aliphatic rings. The molecule has 8 heteroatoms. The molecule has 1 atom stereocenters. The third kappa shape index (κ3) is 6.40. The molecule has 1 aromatic heterocycles. The predicted octanol–water partition coefficient (Wildman–Crippen LogP) is 2.32. The summed E-state index contributed by atoms with van der Waals surface area (Å²) in [6.07, 6.45) is 8.77. The van der Waals surface area contributed by atoms with Gasteiger partial charge in [0.1, 0.15) is 12.4 Å². The molecule has 1 aromatic rings. The second-order valence-corrected chi connectivity index (χ2v) is 8.41. The average molecular weight is 407 g/mol. The van der Waals surface area contributed by atoms with Crippen LogP contribution in [0.3, 0.4) is 0 Å². The molecule has 0 bridgehead atoms. The Morgan fingerprint density at radius 3 is 2.76 bits per heavy atom. The minimum absolute atomic E-state index is 0.275. The first-order valence-electron chi connectivity index (χ1n) is 11.2. The summed E-state index contributed by atoms with van der Waals surface area (Å²) in [5.74, 6) is 2.61. The van der Waals surface area contributed by atoms with Crippen LogP contribution in [0.5, 0.6) is 0 Å². The number of rotatable bonds is 10. The first-order valence-corrected chi connectivity index (χ1v) is 11.2. The zero-order chi connectivity index (χ0) is 20.5. The highest BCUT2D eigenvalue weighted by Gasteiger charge is 2.33. The fourth-order valence-corrected chi connectivity index (χ4v) is 4.27. The van der Waals surface area contributed by atoms with Crippen LogP contribution in [0, 0.1) is 12.3 Å². The van der Waals surface area contributed by atoms with E-state index in [-0.39, 0.29) is 6.10 Å². The quantitative estimate of drug-likeness (QED) is 0.352. The molecular weight excluding hydrogens is 368 g/mol. The van der Waals surface area contributed by atoms with Crippen LogP contribution in [0.15, 0.2) is 4.99 Å². The van der Waals surface area contributed by atoms with Crippen LogP contribution in [0.1, 0.15) is 63.5 Å². The maximum absolute atomic E-state index is 5.76. The first-order chi connectivity index (χ1) is 14.1. The number of hydrogen-bond donors (Lipinski definition) is 2. The molecule has 2 fully saturated rings. The zero-order valence-electron chi connectivity index (χ0n) is 18.4. The first kappa shape index (κ1) is 22.0. The molecule has 0 amide bonds. The van der Waals surface area contributed by atoms with E-state index in [1.807, 2.05) is 18.5 Å². The topological polar surface area (TPSA) is 85.6 Å². The SMILES string of the molecule is CCOCCC1(CNC(=NCc2nnc(C)n2C)NCC2CCCO2)CCCC1. The van der Waals surface area contributed by atoms with Crippen LogP contribution < -0.4 is 10.6 Å². The van der Waals surface area contributed by atoms with E-state index in [1.54, 1.807) is 0 Å². The number of nitrogens with one attached hydrogen (secondary N) is 2. The minimum Gasteiger partial charge on any atom is -0.382 e. The Labute approximate surface area is 174 Å². The summed E-state index contributed by atoms with van der Waals surface area (Å²) in [5.41, 5.74) is 0.308. The molecule has 1 saturated heterocycles. The lowest BCUT2D eigenvalue weighted by molar-refractivity contribution is 0.104. The minimum atomic E-state index is 0.275. The molecule has 1 unspecified atom stereocenters. The van der Waals surface area contributed by atoms with Crippen molar-refractivity contribution in [1.82, 2.24) is 25.4 Å². The highest BCUT2D eigenvalue weighted by Crippen LogP contribution is 2.40. The molecular formula is C21H38N6O2. The summed E-state index contributed by atoms with van der Waals surface area (Å²) in [4.78, 5) is 4.80. The Bertz CT molecular complexity index is 648. The highest BCUT2D eigenvalue weighted by molar-refractivity contribution is 5.79. The molecule has 3 rings (SSSR count). The van der Waals surface area contributed by atoms with Gasteiger partial charge in [0.2, 0.25) is 0 Å². The van der Waals surface area contributed by atoms with Gasteiger partial charge in [0.25, 0.3) is 0 Å². The Hall–Kier alpha value is -1.67. The van der Waals surface area contributed by atoms with Gasteiger partial charge < -0.3 is 24.7 Å². The lowest BCUT2D eigenvalue weighted by Gasteiger charge is -2.30. The van der Waals surface area contributed by atoms with Crippen molar-refractivity contribution in [2.45, 2.75) is 71.4 Å². The standard InChI is InChI=1S/C21H38N6O2/c1-4-28-13-11-21(9-5-6-10-21)16-24-20(22-14-18-8-7-12-29-18)23-15-19-26-25-17(2)27(19)3/h18H,4-16H2,1-3H3,(H2,22,23,24). The molecule has 0 spiro atoms. The molecule has 0 aromatic carbocycles. The largest absolute Gasteiger partial charge is 0.382 e. The molecule has 2 N–H and O–H groups in total. The number of aliphatic imine (C=N–C) groups is 1. The Morgan fingerprint density at radius 2 is 2.10 bits per heavy atom. The van der Waals surface area contributed by atoms with Gasteiger partial charge in [-0.3, -0.25) is 0 Å². The Balaban J connectivity index is 1.61. The van der Waals surface area contributed by atoms with E-state index in [0.717, 1.165) is 69.8 Å². The number of nitrogens with zero attached hydrogens (tertiary/aromatic N) is 4. The lowest BCUT2D eigenvalue weighted by atomic mass is 9.83. The smallest absolute Gasteiger partial charge is 0.191 e. The van der Waals surface area contributed by atoms with Gasteiger partial charge in [-0.25, -0.2) is 4.99 Å². The van der Waals surface area contributed by atoms with E-state index in [2.05, 4.69) is 27.8 Å². The summed E-state index contributed by atoms with van der Waals surface area (Å²) >= 11 is 0. The zero-order valence-corrected chi connectivity index (χ0v) is 18.4. The van der Waals surface area contributed by atoms with Gasteiger partial charge in [0.15, 0.2) is 11.8 Å². The maximum Gasteiger partial charge on any atom is 0.191 e. The number of aryl methyl sites for hydroxylation is 1. The van der Waals surface area contributed by atoms with Crippen molar-refractivity contribution in [2.75, 3.05) is 32.9 Å². The fraction of sp³-hybridized carbons (Fsp3) is 0.857. The number of ether oxygens (including phenoxy) is 2. The van der Waals surface area contributed by atoms with E-state index in [0.29, 0.717) is 12.0 Å². The van der Waals surface area contributed by atoms with Crippen LogP contribution in [-0.2, 0) is 23.1 Å². The van der Waals surface area contributed by atoms with E-state index >= 15 is 0 Å². The fourth-order valence-electron chi connectivity index (χ4n) is 4.27. The van der Waals surface area contributed by atoms with Crippen LogP contribution in [-0.4, -0.2) is 59.7 Å². The molecule has 1 saturated carbocycles.